The van der Waals surface area contributed by atoms with Crippen LogP contribution in [0.15, 0.2) is 53.3 Å². The van der Waals surface area contributed by atoms with E-state index in [2.05, 4.69) is 9.88 Å². The Morgan fingerprint density at radius 2 is 1.79 bits per heavy atom. The zero-order chi connectivity index (χ0) is 21.4. The zero-order valence-electron chi connectivity index (χ0n) is 18.7. The molecule has 4 N–H and O–H groups in total. The van der Waals surface area contributed by atoms with Crippen molar-refractivity contribution < 1.29 is 20.1 Å². The number of hydrogen-bond donors (Lipinski definition) is 2. The fraction of sp³-hybridized carbons (Fsp3) is 0.458. The minimum atomic E-state index is -0.751. The number of halogens is 1. The van der Waals surface area contributed by atoms with E-state index in [0.717, 1.165) is 42.7 Å². The Bertz CT molecular complexity index is 1120. The van der Waals surface area contributed by atoms with Gasteiger partial charge in [0.1, 0.15) is 12.7 Å². The topological polar surface area (TPSA) is 111 Å². The average Bonchev–Trinajstić information content (AvgIpc) is 3.15. The third-order valence-electron chi connectivity index (χ3n) is 6.82. The zero-order valence-corrected chi connectivity index (χ0v) is 19.5. The first kappa shape index (κ1) is 25.1. The molecule has 0 radical (unpaired) electrons. The van der Waals surface area contributed by atoms with Crippen LogP contribution in [0.25, 0.3) is 11.0 Å². The second-order valence-electron chi connectivity index (χ2n) is 8.62. The molecule has 1 fully saturated rings. The molecule has 5 rings (SSSR count). The fourth-order valence-corrected chi connectivity index (χ4v) is 4.88. The first-order valence-corrected chi connectivity index (χ1v) is 11.1. The SMILES string of the molecule is CCC1(C(O)CN2CCC(n3c(=O)[nH]c4ccccc43)CC2)COc2ccccc2O1.Cl.O. The van der Waals surface area contributed by atoms with Gasteiger partial charge in [0.05, 0.1) is 11.0 Å². The molecule has 2 atom stereocenters. The molecule has 1 saturated heterocycles. The summed E-state index contributed by atoms with van der Waals surface area (Å²) in [6, 6.07) is 15.6. The minimum absolute atomic E-state index is 0. The number of benzene rings is 2. The van der Waals surface area contributed by atoms with E-state index in [0.29, 0.717) is 25.3 Å². The molecule has 180 valence electrons. The van der Waals surface area contributed by atoms with Gasteiger partial charge in [-0.05, 0) is 43.5 Å². The van der Waals surface area contributed by atoms with E-state index >= 15 is 0 Å². The van der Waals surface area contributed by atoms with Crippen molar-refractivity contribution in [2.45, 2.75) is 43.9 Å². The van der Waals surface area contributed by atoms with Crippen molar-refractivity contribution in [2.24, 2.45) is 0 Å². The normalized spacial score (nSPS) is 21.8. The van der Waals surface area contributed by atoms with Crippen molar-refractivity contribution in [3.05, 3.63) is 59.0 Å². The molecule has 0 saturated carbocycles. The number of β-amino-alcohol motifs (C(OH)–C–C–N with tert-alkyl or cyclic N) is 1. The number of para-hydroxylation sites is 4. The molecule has 9 heteroatoms. The second kappa shape index (κ2) is 10.2. The number of piperidine rings is 1. The lowest BCUT2D eigenvalue weighted by Crippen LogP contribution is -2.58. The molecule has 0 amide bonds. The summed E-state index contributed by atoms with van der Waals surface area (Å²) in [5, 5.41) is 11.1. The van der Waals surface area contributed by atoms with Gasteiger partial charge < -0.3 is 29.9 Å². The highest BCUT2D eigenvalue weighted by Gasteiger charge is 2.44. The molecular weight excluding hydrogens is 446 g/mol. The monoisotopic (exact) mass is 477 g/mol. The van der Waals surface area contributed by atoms with Crippen molar-refractivity contribution >= 4 is 23.4 Å². The summed E-state index contributed by atoms with van der Waals surface area (Å²) in [4.78, 5) is 17.7. The van der Waals surface area contributed by atoms with Crippen LogP contribution in [-0.4, -0.2) is 63.0 Å². The molecule has 0 aliphatic carbocycles. The van der Waals surface area contributed by atoms with Crippen molar-refractivity contribution in [3.8, 4) is 11.5 Å². The molecule has 1 aromatic heterocycles. The van der Waals surface area contributed by atoms with Gasteiger partial charge in [0.15, 0.2) is 17.1 Å². The molecular formula is C24H32ClN3O5. The summed E-state index contributed by atoms with van der Waals surface area (Å²) in [7, 11) is 0. The Balaban J connectivity index is 0.00000153. The smallest absolute Gasteiger partial charge is 0.326 e. The standard InChI is InChI=1S/C24H29N3O4.ClH.H2O/c1-2-24(16-30-20-9-5-6-10-21(20)31-24)22(28)15-26-13-11-17(12-14-26)27-19-8-4-3-7-18(19)25-23(27)29;;/h3-10,17,22,28H,2,11-16H2,1H3,(H,25,29);1H;1H2. The maximum Gasteiger partial charge on any atom is 0.326 e. The van der Waals surface area contributed by atoms with Gasteiger partial charge in [0.25, 0.3) is 0 Å². The number of rotatable bonds is 5. The van der Waals surface area contributed by atoms with Gasteiger partial charge in [0, 0.05) is 25.7 Å². The number of ether oxygens (including phenoxy) is 2. The van der Waals surface area contributed by atoms with Crippen LogP contribution in [0.2, 0.25) is 0 Å². The number of fused-ring (bicyclic) bond motifs is 2. The average molecular weight is 478 g/mol. The van der Waals surface area contributed by atoms with Crippen molar-refractivity contribution in [3.63, 3.8) is 0 Å². The number of hydrogen-bond acceptors (Lipinski definition) is 5. The lowest BCUT2D eigenvalue weighted by Gasteiger charge is -2.43. The number of H-pyrrole nitrogens is 1. The summed E-state index contributed by atoms with van der Waals surface area (Å²) in [6.45, 7) is 4.53. The molecule has 3 heterocycles. The number of aromatic nitrogens is 2. The molecule has 3 aromatic rings. The molecule has 0 bridgehead atoms. The summed E-state index contributed by atoms with van der Waals surface area (Å²) in [5.74, 6) is 1.41. The van der Waals surface area contributed by atoms with Crippen LogP contribution >= 0.6 is 12.4 Å². The van der Waals surface area contributed by atoms with Crippen LogP contribution in [0.4, 0.5) is 0 Å². The van der Waals surface area contributed by atoms with Gasteiger partial charge in [-0.15, -0.1) is 12.4 Å². The van der Waals surface area contributed by atoms with Crippen molar-refractivity contribution in [1.82, 2.24) is 14.5 Å². The first-order chi connectivity index (χ1) is 15.1. The second-order valence-corrected chi connectivity index (χ2v) is 8.62. The van der Waals surface area contributed by atoms with Gasteiger partial charge in [0.2, 0.25) is 0 Å². The van der Waals surface area contributed by atoms with Crippen LogP contribution in [0.5, 0.6) is 11.5 Å². The van der Waals surface area contributed by atoms with Crippen LogP contribution in [0.3, 0.4) is 0 Å². The highest BCUT2D eigenvalue weighted by molar-refractivity contribution is 5.85. The summed E-state index contributed by atoms with van der Waals surface area (Å²) < 4.78 is 14.1. The molecule has 2 aromatic carbocycles. The van der Waals surface area contributed by atoms with Gasteiger partial charge in [-0.2, -0.15) is 0 Å². The predicted octanol–water partition coefficient (Wildman–Crippen LogP) is 2.54. The summed E-state index contributed by atoms with van der Waals surface area (Å²) >= 11 is 0. The molecule has 2 unspecified atom stereocenters. The van der Waals surface area contributed by atoms with Crippen LogP contribution in [0.1, 0.15) is 32.2 Å². The van der Waals surface area contributed by atoms with Crippen molar-refractivity contribution in [2.75, 3.05) is 26.2 Å². The Kier molecular flexibility index (Phi) is 7.74. The van der Waals surface area contributed by atoms with Gasteiger partial charge >= 0.3 is 5.69 Å². The third-order valence-corrected chi connectivity index (χ3v) is 6.82. The van der Waals surface area contributed by atoms with E-state index in [1.165, 1.54) is 0 Å². The lowest BCUT2D eigenvalue weighted by atomic mass is 9.91. The molecule has 8 nitrogen and oxygen atoms in total. The van der Waals surface area contributed by atoms with Crippen molar-refractivity contribution in [1.29, 1.82) is 0 Å². The quantitative estimate of drug-likeness (QED) is 0.586. The highest BCUT2D eigenvalue weighted by Crippen LogP contribution is 2.38. The number of imidazole rings is 1. The number of nitrogens with zero attached hydrogens (tertiary/aromatic N) is 2. The summed E-state index contributed by atoms with van der Waals surface area (Å²) in [5.41, 5.74) is 1.04. The van der Waals surface area contributed by atoms with E-state index in [4.69, 9.17) is 9.47 Å². The van der Waals surface area contributed by atoms with Gasteiger partial charge in [-0.3, -0.25) is 4.57 Å². The van der Waals surface area contributed by atoms with Gasteiger partial charge in [-0.1, -0.05) is 31.2 Å². The highest BCUT2D eigenvalue weighted by atomic mass is 35.5. The largest absolute Gasteiger partial charge is 0.485 e. The number of aliphatic hydroxyl groups is 1. The van der Waals surface area contributed by atoms with E-state index < -0.39 is 11.7 Å². The van der Waals surface area contributed by atoms with E-state index in [1.54, 1.807) is 0 Å². The van der Waals surface area contributed by atoms with Gasteiger partial charge in [-0.25, -0.2) is 4.79 Å². The Morgan fingerprint density at radius 3 is 2.52 bits per heavy atom. The van der Waals surface area contributed by atoms with Crippen LogP contribution in [0, 0.1) is 0 Å². The Morgan fingerprint density at radius 1 is 1.12 bits per heavy atom. The number of aliphatic hydroxyl groups excluding tert-OH is 1. The van der Waals surface area contributed by atoms with Crippen LogP contribution < -0.4 is 15.2 Å². The number of aromatic amines is 1. The summed E-state index contributed by atoms with van der Waals surface area (Å²) in [6.07, 6.45) is 1.73. The van der Waals surface area contributed by atoms with E-state index in [1.807, 2.05) is 60.0 Å². The predicted molar refractivity (Wildman–Crippen MR) is 130 cm³/mol. The molecule has 2 aliphatic rings. The molecule has 0 spiro atoms. The Labute approximate surface area is 198 Å². The number of nitrogens with one attached hydrogen (secondary N) is 1. The molecule has 2 aliphatic heterocycles. The third kappa shape index (κ3) is 4.61. The minimum Gasteiger partial charge on any atom is -0.485 e. The fourth-order valence-electron chi connectivity index (χ4n) is 4.88. The lowest BCUT2D eigenvalue weighted by molar-refractivity contribution is -0.108. The first-order valence-electron chi connectivity index (χ1n) is 11.1. The maximum absolute atomic E-state index is 12.5. The van der Waals surface area contributed by atoms with E-state index in [-0.39, 0.29) is 29.6 Å². The number of likely N-dealkylation sites (tertiary alicyclic amines) is 1. The van der Waals surface area contributed by atoms with E-state index in [9.17, 15) is 9.90 Å². The van der Waals surface area contributed by atoms with Crippen LogP contribution in [-0.2, 0) is 0 Å². The molecule has 33 heavy (non-hydrogen) atoms. The Hall–Kier alpha value is -2.52. The maximum atomic E-state index is 12.5.